The Balaban J connectivity index is 1.55. The molecule has 0 bridgehead atoms. The van der Waals surface area contributed by atoms with Gasteiger partial charge in [0, 0.05) is 11.6 Å². The molecule has 206 valence electrons. The maximum absolute atomic E-state index is 14.9. The number of anilines is 1. The van der Waals surface area contributed by atoms with Gasteiger partial charge in [-0.1, -0.05) is 36.8 Å². The van der Waals surface area contributed by atoms with E-state index in [-0.39, 0.29) is 24.3 Å². The molecule has 0 radical (unpaired) electrons. The lowest BCUT2D eigenvalue weighted by Crippen LogP contribution is -2.29. The zero-order chi connectivity index (χ0) is 27.9. The Hall–Kier alpha value is -2.93. The van der Waals surface area contributed by atoms with E-state index in [4.69, 9.17) is 4.74 Å². The number of alkyl halides is 1. The minimum Gasteiger partial charge on any atom is -0.490 e. The highest BCUT2D eigenvalue weighted by molar-refractivity contribution is 7.92. The minimum atomic E-state index is -3.43. The lowest BCUT2D eigenvalue weighted by atomic mass is 9.95. The SMILES string of the molecule is C=C(C)C(F)(C=CC)COc1ccc(NC(=O)C2CCCC(C(C)S(=O)(=O)c3ccc(C)cc3)CC2)cc1. The number of carbonyl (C=O) groups is 1. The van der Waals surface area contributed by atoms with E-state index in [0.717, 1.165) is 24.8 Å². The van der Waals surface area contributed by atoms with E-state index in [0.29, 0.717) is 34.7 Å². The van der Waals surface area contributed by atoms with Crippen molar-refractivity contribution < 1.29 is 22.3 Å². The number of carbonyl (C=O) groups excluding carboxylic acids is 1. The fourth-order valence-corrected chi connectivity index (χ4v) is 6.63. The van der Waals surface area contributed by atoms with E-state index in [1.165, 1.54) is 6.08 Å². The van der Waals surface area contributed by atoms with Gasteiger partial charge in [-0.3, -0.25) is 4.79 Å². The predicted octanol–water partition coefficient (Wildman–Crippen LogP) is 7.23. The van der Waals surface area contributed by atoms with Gasteiger partial charge in [0.2, 0.25) is 5.91 Å². The Morgan fingerprint density at radius 2 is 1.79 bits per heavy atom. The molecule has 7 heteroatoms. The molecule has 1 N–H and O–H groups in total. The molecule has 0 saturated heterocycles. The zero-order valence-electron chi connectivity index (χ0n) is 22.9. The summed E-state index contributed by atoms with van der Waals surface area (Å²) < 4.78 is 46.9. The Kier molecular flexibility index (Phi) is 9.94. The standard InChI is InChI=1S/C31H40FNO4S/c1-6-20-31(32,22(2)3)21-37-28-16-14-27(15-17-28)33-30(34)26-9-7-8-25(12-13-26)24(5)38(35,36)29-18-10-23(4)11-19-29/h6,10-11,14-20,24-26H,2,7-9,12-13,21H2,1,3-5H3,(H,33,34). The van der Waals surface area contributed by atoms with Crippen LogP contribution in [0.4, 0.5) is 10.1 Å². The second-order valence-electron chi connectivity index (χ2n) is 10.5. The van der Waals surface area contributed by atoms with Gasteiger partial charge in [-0.15, -0.1) is 0 Å². The fourth-order valence-electron chi connectivity index (χ4n) is 4.90. The first-order valence-corrected chi connectivity index (χ1v) is 14.8. The summed E-state index contributed by atoms with van der Waals surface area (Å²) in [5, 5.41) is 2.47. The van der Waals surface area contributed by atoms with E-state index in [2.05, 4.69) is 11.9 Å². The predicted molar refractivity (Wildman–Crippen MR) is 152 cm³/mol. The highest BCUT2D eigenvalue weighted by atomic mass is 32.2. The molecule has 1 saturated carbocycles. The molecule has 4 unspecified atom stereocenters. The van der Waals surface area contributed by atoms with E-state index < -0.39 is 20.8 Å². The lowest BCUT2D eigenvalue weighted by molar-refractivity contribution is -0.120. The summed E-state index contributed by atoms with van der Waals surface area (Å²) in [6, 6.07) is 13.9. The van der Waals surface area contributed by atoms with Gasteiger partial charge < -0.3 is 10.1 Å². The summed E-state index contributed by atoms with van der Waals surface area (Å²) in [5.41, 5.74) is 0.289. The normalized spacial score (nSPS) is 20.8. The molecule has 38 heavy (non-hydrogen) atoms. The summed E-state index contributed by atoms with van der Waals surface area (Å²) in [6.07, 6.45) is 6.73. The number of hydrogen-bond acceptors (Lipinski definition) is 4. The van der Waals surface area contributed by atoms with E-state index in [9.17, 15) is 17.6 Å². The Morgan fingerprint density at radius 3 is 2.39 bits per heavy atom. The van der Waals surface area contributed by atoms with Crippen molar-refractivity contribution in [3.63, 3.8) is 0 Å². The summed E-state index contributed by atoms with van der Waals surface area (Å²) >= 11 is 0. The fraction of sp³-hybridized carbons (Fsp3) is 0.452. The first-order valence-electron chi connectivity index (χ1n) is 13.3. The van der Waals surface area contributed by atoms with E-state index in [1.807, 2.05) is 19.1 Å². The molecule has 0 aromatic heterocycles. The van der Waals surface area contributed by atoms with E-state index >= 15 is 0 Å². The molecule has 1 amide bonds. The van der Waals surface area contributed by atoms with Crippen LogP contribution in [-0.4, -0.2) is 31.9 Å². The lowest BCUT2D eigenvalue weighted by Gasteiger charge is -2.23. The van der Waals surface area contributed by atoms with E-state index in [1.54, 1.807) is 63.2 Å². The highest BCUT2D eigenvalue weighted by Gasteiger charge is 2.34. The molecule has 0 spiro atoms. The average Bonchev–Trinajstić information content (AvgIpc) is 3.14. The number of aryl methyl sites for hydroxylation is 1. The third-order valence-corrected chi connectivity index (χ3v) is 9.89. The maximum atomic E-state index is 14.9. The van der Waals surface area contributed by atoms with Crippen molar-refractivity contribution in [2.24, 2.45) is 11.8 Å². The van der Waals surface area contributed by atoms with Crippen LogP contribution >= 0.6 is 0 Å². The van der Waals surface area contributed by atoms with Crippen LogP contribution in [0.15, 0.2) is 77.7 Å². The second kappa shape index (κ2) is 12.7. The van der Waals surface area contributed by atoms with Crippen molar-refractivity contribution in [3.05, 3.63) is 78.4 Å². The number of ether oxygens (including phenoxy) is 1. The topological polar surface area (TPSA) is 72.5 Å². The van der Waals surface area contributed by atoms with Gasteiger partial charge in [0.25, 0.3) is 0 Å². The van der Waals surface area contributed by atoms with Gasteiger partial charge in [0.05, 0.1) is 10.1 Å². The smallest absolute Gasteiger partial charge is 0.227 e. The van der Waals surface area contributed by atoms with Crippen LogP contribution < -0.4 is 10.1 Å². The molecule has 3 rings (SSSR count). The molecule has 1 fully saturated rings. The van der Waals surface area contributed by atoms with Gasteiger partial charge in [0.15, 0.2) is 15.5 Å². The number of halogens is 1. The molecular formula is C31H40FNO4S. The Bertz CT molecular complexity index is 1240. The summed E-state index contributed by atoms with van der Waals surface area (Å²) in [6.45, 7) is 10.6. The number of benzene rings is 2. The maximum Gasteiger partial charge on any atom is 0.227 e. The molecule has 5 nitrogen and oxygen atoms in total. The van der Waals surface area contributed by atoms with Crippen LogP contribution in [-0.2, 0) is 14.6 Å². The number of nitrogens with one attached hydrogen (secondary N) is 1. The largest absolute Gasteiger partial charge is 0.490 e. The van der Waals surface area contributed by atoms with Gasteiger partial charge in [-0.05, 0) is 107 Å². The second-order valence-corrected chi connectivity index (χ2v) is 12.8. The molecule has 2 aromatic rings. The van der Waals surface area contributed by atoms with Crippen LogP contribution in [0.1, 0.15) is 58.4 Å². The zero-order valence-corrected chi connectivity index (χ0v) is 23.7. The van der Waals surface area contributed by atoms with Crippen LogP contribution in [0, 0.1) is 18.8 Å². The first kappa shape index (κ1) is 29.6. The van der Waals surface area contributed by atoms with Crippen molar-refractivity contribution in [1.82, 2.24) is 0 Å². The third kappa shape index (κ3) is 7.34. The van der Waals surface area contributed by atoms with Crippen molar-refractivity contribution in [3.8, 4) is 5.75 Å². The van der Waals surface area contributed by atoms with Crippen molar-refractivity contribution >= 4 is 21.4 Å². The van der Waals surface area contributed by atoms with Gasteiger partial charge in [-0.2, -0.15) is 0 Å². The van der Waals surface area contributed by atoms with Crippen molar-refractivity contribution in [2.75, 3.05) is 11.9 Å². The summed E-state index contributed by atoms with van der Waals surface area (Å²) in [7, 11) is -3.43. The number of rotatable bonds is 10. The van der Waals surface area contributed by atoms with Crippen LogP contribution in [0.3, 0.4) is 0 Å². The third-order valence-electron chi connectivity index (χ3n) is 7.60. The van der Waals surface area contributed by atoms with Gasteiger partial charge in [0.1, 0.15) is 12.4 Å². The average molecular weight is 542 g/mol. The quantitative estimate of drug-likeness (QED) is 0.254. The highest BCUT2D eigenvalue weighted by Crippen LogP contribution is 2.34. The molecule has 0 aliphatic heterocycles. The van der Waals surface area contributed by atoms with Crippen LogP contribution in [0.5, 0.6) is 5.75 Å². The van der Waals surface area contributed by atoms with Crippen molar-refractivity contribution in [2.45, 2.75) is 75.6 Å². The number of allylic oxidation sites excluding steroid dienone is 1. The number of amides is 1. The molecule has 1 aliphatic rings. The first-order chi connectivity index (χ1) is 18.0. The number of hydrogen-bond donors (Lipinski definition) is 1. The minimum absolute atomic E-state index is 0.0138. The van der Waals surface area contributed by atoms with Gasteiger partial charge in [-0.25, -0.2) is 12.8 Å². The number of sulfone groups is 1. The van der Waals surface area contributed by atoms with Crippen molar-refractivity contribution in [1.29, 1.82) is 0 Å². The summed E-state index contributed by atoms with van der Waals surface area (Å²) in [4.78, 5) is 13.4. The Morgan fingerprint density at radius 1 is 1.13 bits per heavy atom. The molecule has 4 atom stereocenters. The molecule has 1 aliphatic carbocycles. The van der Waals surface area contributed by atoms with Crippen LogP contribution in [0.2, 0.25) is 0 Å². The van der Waals surface area contributed by atoms with Crippen LogP contribution in [0.25, 0.3) is 0 Å². The monoisotopic (exact) mass is 541 g/mol. The molecule has 0 heterocycles. The molecule has 2 aromatic carbocycles. The van der Waals surface area contributed by atoms with Gasteiger partial charge >= 0.3 is 0 Å². The molecular weight excluding hydrogens is 501 g/mol. The summed E-state index contributed by atoms with van der Waals surface area (Å²) in [5.74, 6) is 0.275. The Labute approximate surface area is 227 Å².